The Hall–Kier alpha value is -0.900. The summed E-state index contributed by atoms with van der Waals surface area (Å²) in [7, 11) is 0. The van der Waals surface area contributed by atoms with Crippen LogP contribution in [0.3, 0.4) is 0 Å². The number of carbonyl (C=O) groups is 1. The van der Waals surface area contributed by atoms with Crippen molar-refractivity contribution in [2.45, 2.75) is 58.9 Å². The molecule has 0 aromatic carbocycles. The second-order valence-corrected chi connectivity index (χ2v) is 8.26. The van der Waals surface area contributed by atoms with Gasteiger partial charge in [0.2, 0.25) is 0 Å². The second kappa shape index (κ2) is 4.05. The number of fused-ring (bicyclic) bond motifs is 1. The van der Waals surface area contributed by atoms with Crippen LogP contribution in [0.1, 0.15) is 62.3 Å². The monoisotopic (exact) mass is 278 g/mol. The highest BCUT2D eigenvalue weighted by Crippen LogP contribution is 2.42. The topological polar surface area (TPSA) is 33.2 Å². The van der Waals surface area contributed by atoms with Crippen LogP contribution in [-0.4, -0.2) is 22.9 Å². The molecule has 4 heteroatoms. The minimum absolute atomic E-state index is 0.0654. The van der Waals surface area contributed by atoms with Crippen LogP contribution in [0, 0.1) is 5.41 Å². The maximum Gasteiger partial charge on any atom is 0.186 e. The Kier molecular flexibility index (Phi) is 2.79. The molecule has 0 radical (unpaired) electrons. The van der Waals surface area contributed by atoms with Gasteiger partial charge in [-0.15, -0.1) is 0 Å². The summed E-state index contributed by atoms with van der Waals surface area (Å²) < 4.78 is 0. The maximum atomic E-state index is 12.2. The molecule has 0 atom stereocenters. The molecule has 1 aliphatic heterocycles. The van der Waals surface area contributed by atoms with Crippen molar-refractivity contribution in [3.8, 4) is 0 Å². The van der Waals surface area contributed by atoms with Crippen LogP contribution in [0.4, 0.5) is 5.13 Å². The first kappa shape index (κ1) is 13.1. The zero-order valence-electron chi connectivity index (χ0n) is 12.2. The van der Waals surface area contributed by atoms with E-state index in [0.717, 1.165) is 28.7 Å². The number of nitrogens with zero attached hydrogens (tertiary/aromatic N) is 2. The molecule has 1 aromatic heterocycles. The third kappa shape index (κ3) is 2.20. The number of ketones is 1. The fraction of sp³-hybridized carbons (Fsp3) is 0.733. The molecular weight excluding hydrogens is 256 g/mol. The van der Waals surface area contributed by atoms with Crippen molar-refractivity contribution in [2.24, 2.45) is 5.41 Å². The number of thiazole rings is 1. The molecule has 2 heterocycles. The summed E-state index contributed by atoms with van der Waals surface area (Å²) in [5.74, 6) is 0.284. The average molecular weight is 278 g/mol. The van der Waals surface area contributed by atoms with E-state index in [1.165, 1.54) is 12.8 Å². The Labute approximate surface area is 119 Å². The summed E-state index contributed by atoms with van der Waals surface area (Å²) in [6.07, 6.45) is 4.01. The van der Waals surface area contributed by atoms with Crippen molar-refractivity contribution in [3.63, 3.8) is 0 Å². The number of Topliss-reactive ketones (excluding diaryl/α,β-unsaturated/α-hetero) is 1. The molecule has 0 unspecified atom stereocenters. The van der Waals surface area contributed by atoms with Crippen LogP contribution in [0.2, 0.25) is 0 Å². The first-order valence-corrected chi connectivity index (χ1v) is 7.91. The maximum absolute atomic E-state index is 12.2. The van der Waals surface area contributed by atoms with Gasteiger partial charge < -0.3 is 4.90 Å². The number of hydrogen-bond acceptors (Lipinski definition) is 4. The van der Waals surface area contributed by atoms with Gasteiger partial charge in [-0.25, -0.2) is 4.98 Å². The minimum Gasteiger partial charge on any atom is -0.343 e. The Morgan fingerprint density at radius 3 is 2.58 bits per heavy atom. The van der Waals surface area contributed by atoms with E-state index in [1.54, 1.807) is 11.3 Å². The predicted molar refractivity (Wildman–Crippen MR) is 79.2 cm³/mol. The number of carbonyl (C=O) groups excluding carboxylic acids is 1. The van der Waals surface area contributed by atoms with Gasteiger partial charge in [0.15, 0.2) is 10.9 Å². The molecule has 104 valence electrons. The summed E-state index contributed by atoms with van der Waals surface area (Å²) >= 11 is 1.61. The summed E-state index contributed by atoms with van der Waals surface area (Å²) in [6.45, 7) is 9.93. The lowest BCUT2D eigenvalue weighted by atomic mass is 9.78. The second-order valence-electron chi connectivity index (χ2n) is 7.28. The summed E-state index contributed by atoms with van der Waals surface area (Å²) in [5.41, 5.74) is 1.28. The highest BCUT2D eigenvalue weighted by Gasteiger charge is 2.38. The zero-order chi connectivity index (χ0) is 13.8. The van der Waals surface area contributed by atoms with Gasteiger partial charge in [-0.2, -0.15) is 0 Å². The summed E-state index contributed by atoms with van der Waals surface area (Å²) in [4.78, 5) is 20.3. The van der Waals surface area contributed by atoms with Crippen LogP contribution in [0.15, 0.2) is 0 Å². The summed E-state index contributed by atoms with van der Waals surface area (Å²) in [5, 5.41) is 1.05. The van der Waals surface area contributed by atoms with Crippen molar-refractivity contribution in [2.75, 3.05) is 11.4 Å². The van der Waals surface area contributed by atoms with Gasteiger partial charge in [0.1, 0.15) is 0 Å². The van der Waals surface area contributed by atoms with Crippen molar-refractivity contribution in [1.82, 2.24) is 4.98 Å². The molecular formula is C15H22N2OS. The van der Waals surface area contributed by atoms with Crippen molar-refractivity contribution < 1.29 is 4.79 Å². The third-order valence-corrected chi connectivity index (χ3v) is 5.52. The SMILES string of the molecule is CC1(C)CC(=O)c2sc(N3CCCC3(C)C)nc2C1. The lowest BCUT2D eigenvalue weighted by Crippen LogP contribution is -2.38. The molecule has 0 amide bonds. The molecule has 0 saturated carbocycles. The predicted octanol–water partition coefficient (Wildman–Crippen LogP) is 3.68. The molecule has 1 aliphatic carbocycles. The Morgan fingerprint density at radius 1 is 1.21 bits per heavy atom. The van der Waals surface area contributed by atoms with Gasteiger partial charge in [-0.3, -0.25) is 4.79 Å². The van der Waals surface area contributed by atoms with E-state index in [0.29, 0.717) is 6.42 Å². The van der Waals surface area contributed by atoms with Gasteiger partial charge >= 0.3 is 0 Å². The minimum atomic E-state index is 0.0654. The molecule has 0 spiro atoms. The Bertz CT molecular complexity index is 530. The Balaban J connectivity index is 1.97. The van der Waals surface area contributed by atoms with E-state index in [4.69, 9.17) is 4.98 Å². The van der Waals surface area contributed by atoms with E-state index >= 15 is 0 Å². The lowest BCUT2D eigenvalue weighted by molar-refractivity contribution is 0.0916. The Morgan fingerprint density at radius 2 is 1.95 bits per heavy atom. The number of aromatic nitrogens is 1. The molecule has 2 aliphatic rings. The van der Waals surface area contributed by atoms with Crippen LogP contribution >= 0.6 is 11.3 Å². The van der Waals surface area contributed by atoms with E-state index in [1.807, 2.05) is 0 Å². The van der Waals surface area contributed by atoms with Gasteiger partial charge in [-0.05, 0) is 38.5 Å². The molecule has 0 bridgehead atoms. The van der Waals surface area contributed by atoms with E-state index < -0.39 is 0 Å². The standard InChI is InChI=1S/C15H22N2OS/c1-14(2)8-10-12(11(18)9-14)19-13(16-10)17-7-5-6-15(17,3)4/h5-9H2,1-4H3. The highest BCUT2D eigenvalue weighted by atomic mass is 32.1. The largest absolute Gasteiger partial charge is 0.343 e. The van der Waals surface area contributed by atoms with Gasteiger partial charge in [0, 0.05) is 18.5 Å². The molecule has 1 fully saturated rings. The van der Waals surface area contributed by atoms with Crippen LogP contribution < -0.4 is 4.90 Å². The van der Waals surface area contributed by atoms with Crippen LogP contribution in [0.25, 0.3) is 0 Å². The van der Waals surface area contributed by atoms with Crippen molar-refractivity contribution >= 4 is 22.3 Å². The molecule has 1 saturated heterocycles. The fourth-order valence-electron chi connectivity index (χ4n) is 3.29. The van der Waals surface area contributed by atoms with Gasteiger partial charge in [0.25, 0.3) is 0 Å². The normalized spacial score (nSPS) is 24.6. The van der Waals surface area contributed by atoms with Crippen molar-refractivity contribution in [3.05, 3.63) is 10.6 Å². The van der Waals surface area contributed by atoms with Crippen LogP contribution in [-0.2, 0) is 6.42 Å². The van der Waals surface area contributed by atoms with Crippen LogP contribution in [0.5, 0.6) is 0 Å². The first-order valence-electron chi connectivity index (χ1n) is 7.09. The van der Waals surface area contributed by atoms with E-state index in [-0.39, 0.29) is 16.7 Å². The number of anilines is 1. The number of hydrogen-bond donors (Lipinski definition) is 0. The van der Waals surface area contributed by atoms with Gasteiger partial charge in [0.05, 0.1) is 10.6 Å². The molecule has 0 N–H and O–H groups in total. The molecule has 3 rings (SSSR count). The van der Waals surface area contributed by atoms with Gasteiger partial charge in [-0.1, -0.05) is 25.2 Å². The van der Waals surface area contributed by atoms with E-state index in [2.05, 4.69) is 32.6 Å². The quantitative estimate of drug-likeness (QED) is 0.785. The number of rotatable bonds is 1. The average Bonchev–Trinajstić information content (AvgIpc) is 2.79. The fourth-order valence-corrected chi connectivity index (χ4v) is 4.49. The summed E-state index contributed by atoms with van der Waals surface area (Å²) in [6, 6.07) is 0. The molecule has 19 heavy (non-hydrogen) atoms. The lowest BCUT2D eigenvalue weighted by Gasteiger charge is -2.31. The van der Waals surface area contributed by atoms with Crippen molar-refractivity contribution in [1.29, 1.82) is 0 Å². The molecule has 3 nitrogen and oxygen atoms in total. The first-order chi connectivity index (χ1) is 8.78. The smallest absolute Gasteiger partial charge is 0.186 e. The highest BCUT2D eigenvalue weighted by molar-refractivity contribution is 7.17. The molecule has 1 aromatic rings. The zero-order valence-corrected chi connectivity index (χ0v) is 13.1. The van der Waals surface area contributed by atoms with E-state index in [9.17, 15) is 4.79 Å². The third-order valence-electron chi connectivity index (χ3n) is 4.36.